The molecule has 0 aliphatic rings. The van der Waals surface area contributed by atoms with E-state index < -0.39 is 0 Å². The molecule has 0 saturated carbocycles. The lowest BCUT2D eigenvalue weighted by atomic mass is 10.4. The lowest BCUT2D eigenvalue weighted by Crippen LogP contribution is -2.15. The van der Waals surface area contributed by atoms with Crippen molar-refractivity contribution in [2.75, 3.05) is 19.5 Å². The highest BCUT2D eigenvalue weighted by atomic mass is 15.3. The summed E-state index contributed by atoms with van der Waals surface area (Å²) in [6.45, 7) is 0.789. The zero-order valence-electron chi connectivity index (χ0n) is 7.28. The van der Waals surface area contributed by atoms with Gasteiger partial charge in [0.05, 0.1) is 5.69 Å². The molecule has 0 unspecified atom stereocenters. The molecule has 0 bridgehead atoms. The number of anilines is 1. The van der Waals surface area contributed by atoms with Crippen molar-refractivity contribution >= 4 is 5.95 Å². The van der Waals surface area contributed by atoms with Gasteiger partial charge in [0.1, 0.15) is 0 Å². The molecule has 1 aromatic heterocycles. The highest BCUT2D eigenvalue weighted by molar-refractivity contribution is 5.22. The van der Waals surface area contributed by atoms with Crippen LogP contribution >= 0.6 is 0 Å². The molecule has 0 atom stereocenters. The van der Waals surface area contributed by atoms with Crippen LogP contribution in [0.15, 0.2) is 12.3 Å². The first-order chi connectivity index (χ1) is 5.72. The molecule has 0 spiro atoms. The molecule has 0 fully saturated rings. The number of nitrogen functional groups attached to an aromatic ring is 1. The molecule has 5 heteroatoms. The Kier molecular flexibility index (Phi) is 2.95. The van der Waals surface area contributed by atoms with E-state index in [9.17, 15) is 0 Å². The average molecular weight is 167 g/mol. The van der Waals surface area contributed by atoms with E-state index in [1.807, 2.05) is 25.1 Å². The standard InChI is InChI=1S/C7H13N5/c1-12(2)5-6-3-4-9-7(10-6)11-8/h3-4H,5,8H2,1-2H3,(H,9,10,11). The van der Waals surface area contributed by atoms with Gasteiger partial charge in [0.2, 0.25) is 5.95 Å². The van der Waals surface area contributed by atoms with Crippen LogP contribution in [0.5, 0.6) is 0 Å². The van der Waals surface area contributed by atoms with Crippen molar-refractivity contribution in [3.8, 4) is 0 Å². The third-order valence-electron chi connectivity index (χ3n) is 1.32. The number of nitrogens with two attached hydrogens (primary N) is 1. The van der Waals surface area contributed by atoms with Crippen LogP contribution in [-0.2, 0) is 6.54 Å². The highest BCUT2D eigenvalue weighted by Gasteiger charge is 1.97. The predicted molar refractivity (Wildman–Crippen MR) is 47.2 cm³/mol. The van der Waals surface area contributed by atoms with E-state index in [4.69, 9.17) is 5.84 Å². The molecular formula is C7H13N5. The van der Waals surface area contributed by atoms with Gasteiger partial charge in [-0.25, -0.2) is 15.8 Å². The van der Waals surface area contributed by atoms with E-state index in [0.717, 1.165) is 12.2 Å². The van der Waals surface area contributed by atoms with Gasteiger partial charge >= 0.3 is 0 Å². The molecule has 5 nitrogen and oxygen atoms in total. The van der Waals surface area contributed by atoms with Crippen LogP contribution in [0.1, 0.15) is 5.69 Å². The van der Waals surface area contributed by atoms with E-state index in [1.165, 1.54) is 0 Å². The smallest absolute Gasteiger partial charge is 0.237 e. The minimum atomic E-state index is 0.453. The summed E-state index contributed by atoms with van der Waals surface area (Å²) in [4.78, 5) is 10.1. The topological polar surface area (TPSA) is 67.1 Å². The molecule has 66 valence electrons. The molecule has 12 heavy (non-hydrogen) atoms. The van der Waals surface area contributed by atoms with Crippen molar-refractivity contribution in [2.24, 2.45) is 5.84 Å². The predicted octanol–water partition coefficient (Wildman–Crippen LogP) is -0.176. The van der Waals surface area contributed by atoms with Crippen LogP contribution in [0.4, 0.5) is 5.95 Å². The van der Waals surface area contributed by atoms with Gasteiger partial charge in [0.25, 0.3) is 0 Å². The zero-order valence-corrected chi connectivity index (χ0v) is 7.28. The molecule has 0 radical (unpaired) electrons. The third-order valence-corrected chi connectivity index (χ3v) is 1.32. The fourth-order valence-corrected chi connectivity index (χ4v) is 0.878. The lowest BCUT2D eigenvalue weighted by molar-refractivity contribution is 0.397. The van der Waals surface area contributed by atoms with E-state index in [1.54, 1.807) is 6.20 Å². The number of hydrogen-bond donors (Lipinski definition) is 2. The van der Waals surface area contributed by atoms with E-state index in [0.29, 0.717) is 5.95 Å². The van der Waals surface area contributed by atoms with Crippen molar-refractivity contribution in [1.29, 1.82) is 0 Å². The Labute approximate surface area is 71.6 Å². The molecule has 0 aromatic carbocycles. The minimum absolute atomic E-state index is 0.453. The second kappa shape index (κ2) is 3.99. The molecular weight excluding hydrogens is 154 g/mol. The van der Waals surface area contributed by atoms with Crippen molar-refractivity contribution in [3.63, 3.8) is 0 Å². The van der Waals surface area contributed by atoms with Gasteiger partial charge in [-0.1, -0.05) is 0 Å². The van der Waals surface area contributed by atoms with Crippen molar-refractivity contribution in [1.82, 2.24) is 14.9 Å². The van der Waals surface area contributed by atoms with Gasteiger partial charge in [-0.2, -0.15) is 0 Å². The summed E-state index contributed by atoms with van der Waals surface area (Å²) < 4.78 is 0. The zero-order chi connectivity index (χ0) is 8.97. The Morgan fingerprint density at radius 2 is 2.33 bits per heavy atom. The average Bonchev–Trinajstić information content (AvgIpc) is 2.03. The Morgan fingerprint density at radius 1 is 1.58 bits per heavy atom. The fraction of sp³-hybridized carbons (Fsp3) is 0.429. The quantitative estimate of drug-likeness (QED) is 0.483. The fourth-order valence-electron chi connectivity index (χ4n) is 0.878. The van der Waals surface area contributed by atoms with Gasteiger partial charge < -0.3 is 4.90 Å². The second-order valence-electron chi connectivity index (χ2n) is 2.75. The first-order valence-electron chi connectivity index (χ1n) is 3.65. The lowest BCUT2D eigenvalue weighted by Gasteiger charge is -2.08. The van der Waals surface area contributed by atoms with Crippen LogP contribution in [0.2, 0.25) is 0 Å². The summed E-state index contributed by atoms with van der Waals surface area (Å²) in [6, 6.07) is 1.86. The van der Waals surface area contributed by atoms with Crippen LogP contribution < -0.4 is 11.3 Å². The van der Waals surface area contributed by atoms with Gasteiger partial charge in [-0.05, 0) is 20.2 Å². The minimum Gasteiger partial charge on any atom is -0.304 e. The van der Waals surface area contributed by atoms with Gasteiger partial charge in [0, 0.05) is 12.7 Å². The molecule has 0 saturated heterocycles. The SMILES string of the molecule is CN(C)Cc1ccnc(NN)n1. The molecule has 1 heterocycles. The molecule has 1 rings (SSSR count). The van der Waals surface area contributed by atoms with Gasteiger partial charge in [-0.15, -0.1) is 0 Å². The number of rotatable bonds is 3. The van der Waals surface area contributed by atoms with Crippen LogP contribution in [-0.4, -0.2) is 29.0 Å². The van der Waals surface area contributed by atoms with Crippen molar-refractivity contribution in [3.05, 3.63) is 18.0 Å². The maximum absolute atomic E-state index is 5.16. The number of nitrogens with zero attached hydrogens (tertiary/aromatic N) is 3. The highest BCUT2D eigenvalue weighted by Crippen LogP contribution is 2.00. The van der Waals surface area contributed by atoms with E-state index >= 15 is 0 Å². The Balaban J connectivity index is 2.72. The molecule has 0 aliphatic carbocycles. The van der Waals surface area contributed by atoms with Crippen molar-refractivity contribution in [2.45, 2.75) is 6.54 Å². The largest absolute Gasteiger partial charge is 0.304 e. The molecule has 0 amide bonds. The molecule has 3 N–H and O–H groups in total. The second-order valence-corrected chi connectivity index (χ2v) is 2.75. The molecule has 1 aromatic rings. The normalized spacial score (nSPS) is 10.3. The third kappa shape index (κ3) is 2.44. The van der Waals surface area contributed by atoms with Crippen LogP contribution in [0.25, 0.3) is 0 Å². The van der Waals surface area contributed by atoms with Crippen LogP contribution in [0, 0.1) is 0 Å². The van der Waals surface area contributed by atoms with Gasteiger partial charge in [0.15, 0.2) is 0 Å². The molecule has 0 aliphatic heterocycles. The summed E-state index contributed by atoms with van der Waals surface area (Å²) in [7, 11) is 3.97. The number of hydrogen-bond acceptors (Lipinski definition) is 5. The number of nitrogens with one attached hydrogen (secondary N) is 1. The van der Waals surface area contributed by atoms with Crippen LogP contribution in [0.3, 0.4) is 0 Å². The maximum atomic E-state index is 5.16. The van der Waals surface area contributed by atoms with E-state index in [-0.39, 0.29) is 0 Å². The maximum Gasteiger partial charge on any atom is 0.237 e. The number of aromatic nitrogens is 2. The van der Waals surface area contributed by atoms with Crippen molar-refractivity contribution < 1.29 is 0 Å². The summed E-state index contributed by atoms with van der Waals surface area (Å²) in [5, 5.41) is 0. The monoisotopic (exact) mass is 167 g/mol. The van der Waals surface area contributed by atoms with Gasteiger partial charge in [-0.3, -0.25) is 5.43 Å². The summed E-state index contributed by atoms with van der Waals surface area (Å²) in [5.41, 5.74) is 3.35. The summed E-state index contributed by atoms with van der Waals surface area (Å²) >= 11 is 0. The first kappa shape index (κ1) is 8.89. The Hall–Kier alpha value is -1.20. The Bertz CT molecular complexity index is 247. The summed E-state index contributed by atoms with van der Waals surface area (Å²) in [6.07, 6.45) is 1.68. The summed E-state index contributed by atoms with van der Waals surface area (Å²) in [5.74, 6) is 5.61. The Morgan fingerprint density at radius 3 is 2.92 bits per heavy atom. The first-order valence-corrected chi connectivity index (χ1v) is 3.65. The number of hydrazine groups is 1. The van der Waals surface area contributed by atoms with E-state index in [2.05, 4.69) is 15.4 Å².